The molecule has 2 atom stereocenters. The second-order valence-electron chi connectivity index (χ2n) is 12.8. The number of aromatic nitrogens is 2. The molecule has 0 N–H and O–H groups in total. The number of benzene rings is 2. The molecule has 0 amide bonds. The average Bonchev–Trinajstić information content (AvgIpc) is 3.49. The van der Waals surface area contributed by atoms with E-state index in [1.54, 1.807) is 0 Å². The number of hydrogen-bond donors (Lipinski definition) is 0. The van der Waals surface area contributed by atoms with Crippen LogP contribution in [0.25, 0.3) is 0 Å². The van der Waals surface area contributed by atoms with Crippen molar-refractivity contribution in [1.29, 1.82) is 5.26 Å². The van der Waals surface area contributed by atoms with Crippen LogP contribution in [0.3, 0.4) is 0 Å². The van der Waals surface area contributed by atoms with E-state index in [0.29, 0.717) is 51.3 Å². The van der Waals surface area contributed by atoms with Gasteiger partial charge in [-0.3, -0.25) is 9.69 Å². The standard InChI is InChI=1S/C36H45N7O3/c1-26-9-7-13-33(27(26)2)42-18-15-31-32(22-42)38-36(46-25-30-12-8-17-40(30)3)39-35(31)43-20-19-41(29(21-43)14-16-37)23-34(44)45-24-28-10-5-4-6-11-28/h4-7,9-11,13,29-30H,8,12,14-15,17-25H2,1-3H3/t29-,30-/m0/s1. The number of carbonyl (C=O) groups is 1. The number of likely N-dealkylation sites (N-methyl/N-ethyl adjacent to an activating group) is 1. The number of esters is 1. The highest BCUT2D eigenvalue weighted by Crippen LogP contribution is 2.34. The maximum Gasteiger partial charge on any atom is 0.320 e. The van der Waals surface area contributed by atoms with E-state index in [-0.39, 0.29) is 25.2 Å². The minimum absolute atomic E-state index is 0.125. The fourth-order valence-corrected chi connectivity index (χ4v) is 6.90. The first kappa shape index (κ1) is 31.8. The summed E-state index contributed by atoms with van der Waals surface area (Å²) in [7, 11) is 2.15. The lowest BCUT2D eigenvalue weighted by atomic mass is 10.0. The number of piperazine rings is 1. The Hall–Kier alpha value is -4.20. The van der Waals surface area contributed by atoms with E-state index in [4.69, 9.17) is 19.4 Å². The Bertz CT molecular complexity index is 1560. The van der Waals surface area contributed by atoms with Gasteiger partial charge in [-0.1, -0.05) is 42.5 Å². The van der Waals surface area contributed by atoms with Crippen LogP contribution in [-0.2, 0) is 29.1 Å². The smallest absolute Gasteiger partial charge is 0.320 e. The van der Waals surface area contributed by atoms with Crippen molar-refractivity contribution in [2.45, 2.75) is 64.8 Å². The highest BCUT2D eigenvalue weighted by atomic mass is 16.5. The molecule has 242 valence electrons. The maximum absolute atomic E-state index is 12.8. The van der Waals surface area contributed by atoms with E-state index in [2.05, 4.69) is 64.8 Å². The van der Waals surface area contributed by atoms with Gasteiger partial charge in [-0.05, 0) is 69.5 Å². The number of nitriles is 1. The van der Waals surface area contributed by atoms with Gasteiger partial charge >= 0.3 is 12.0 Å². The van der Waals surface area contributed by atoms with Gasteiger partial charge in [-0.2, -0.15) is 15.2 Å². The summed E-state index contributed by atoms with van der Waals surface area (Å²) in [5.41, 5.74) is 6.91. The molecule has 2 saturated heterocycles. The number of fused-ring (bicyclic) bond motifs is 1. The molecular weight excluding hydrogens is 578 g/mol. The lowest BCUT2D eigenvalue weighted by Crippen LogP contribution is -2.55. The van der Waals surface area contributed by atoms with Crippen molar-refractivity contribution in [1.82, 2.24) is 19.8 Å². The number of likely N-dealkylation sites (tertiary alicyclic amines) is 1. The SMILES string of the molecule is Cc1cccc(N2CCc3c(nc(OC[C@@H]4CCCN4C)nc3N3CCN(CC(=O)OCc4ccccc4)[C@@H](CC#N)C3)C2)c1C. The zero-order chi connectivity index (χ0) is 32.0. The minimum Gasteiger partial charge on any atom is -0.462 e. The average molecular weight is 624 g/mol. The summed E-state index contributed by atoms with van der Waals surface area (Å²) >= 11 is 0. The second-order valence-corrected chi connectivity index (χ2v) is 12.8. The molecule has 0 radical (unpaired) electrons. The summed E-state index contributed by atoms with van der Waals surface area (Å²) in [4.78, 5) is 31.9. The molecule has 4 heterocycles. The predicted molar refractivity (Wildman–Crippen MR) is 178 cm³/mol. The van der Waals surface area contributed by atoms with Crippen LogP contribution < -0.4 is 14.5 Å². The van der Waals surface area contributed by atoms with Gasteiger partial charge < -0.3 is 24.2 Å². The monoisotopic (exact) mass is 623 g/mol. The summed E-state index contributed by atoms with van der Waals surface area (Å²) in [6.07, 6.45) is 3.42. The number of carbonyl (C=O) groups excluding carboxylic acids is 1. The first-order valence-electron chi connectivity index (χ1n) is 16.5. The highest BCUT2D eigenvalue weighted by Gasteiger charge is 2.33. The van der Waals surface area contributed by atoms with Gasteiger partial charge in [0.1, 0.15) is 19.0 Å². The van der Waals surface area contributed by atoms with Crippen molar-refractivity contribution in [2.24, 2.45) is 0 Å². The van der Waals surface area contributed by atoms with Gasteiger partial charge in [0, 0.05) is 49.5 Å². The Morgan fingerprint density at radius 2 is 1.85 bits per heavy atom. The molecule has 6 rings (SSSR count). The first-order chi connectivity index (χ1) is 22.4. The van der Waals surface area contributed by atoms with Crippen LogP contribution in [0.1, 0.15) is 47.2 Å². The number of rotatable bonds is 10. The molecule has 46 heavy (non-hydrogen) atoms. The Balaban J connectivity index is 1.21. The fraction of sp³-hybridized carbons (Fsp3) is 0.500. The van der Waals surface area contributed by atoms with Gasteiger partial charge in [0.15, 0.2) is 0 Å². The Kier molecular flexibility index (Phi) is 10.0. The van der Waals surface area contributed by atoms with Crippen molar-refractivity contribution in [3.8, 4) is 12.1 Å². The number of ether oxygens (including phenoxy) is 2. The molecule has 2 aromatic carbocycles. The first-order valence-corrected chi connectivity index (χ1v) is 16.5. The largest absolute Gasteiger partial charge is 0.462 e. The summed E-state index contributed by atoms with van der Waals surface area (Å²) in [5, 5.41) is 9.72. The molecular formula is C36H45N7O3. The minimum atomic E-state index is -0.279. The maximum atomic E-state index is 12.8. The quantitative estimate of drug-likeness (QED) is 0.305. The van der Waals surface area contributed by atoms with E-state index >= 15 is 0 Å². The molecule has 1 aromatic heterocycles. The summed E-state index contributed by atoms with van der Waals surface area (Å²) in [6, 6.07) is 19.2. The molecule has 0 aliphatic carbocycles. The Morgan fingerprint density at radius 3 is 2.63 bits per heavy atom. The normalized spacial score (nSPS) is 20.3. The number of aryl methyl sites for hydroxylation is 1. The highest BCUT2D eigenvalue weighted by molar-refractivity contribution is 5.72. The number of anilines is 2. The molecule has 0 spiro atoms. The van der Waals surface area contributed by atoms with Crippen molar-refractivity contribution in [2.75, 3.05) is 62.7 Å². The molecule has 10 heteroatoms. The summed E-state index contributed by atoms with van der Waals surface area (Å²) < 4.78 is 11.9. The van der Waals surface area contributed by atoms with Gasteiger partial charge in [0.2, 0.25) is 0 Å². The molecule has 3 aliphatic rings. The second kappa shape index (κ2) is 14.5. The zero-order valence-corrected chi connectivity index (χ0v) is 27.3. The third-order valence-electron chi connectivity index (χ3n) is 9.82. The van der Waals surface area contributed by atoms with E-state index in [9.17, 15) is 10.1 Å². The fourth-order valence-electron chi connectivity index (χ4n) is 6.90. The van der Waals surface area contributed by atoms with Gasteiger partial charge in [-0.25, -0.2) is 0 Å². The van der Waals surface area contributed by atoms with Crippen LogP contribution in [0.4, 0.5) is 11.5 Å². The van der Waals surface area contributed by atoms with Crippen LogP contribution in [0, 0.1) is 25.2 Å². The van der Waals surface area contributed by atoms with Crippen LogP contribution >= 0.6 is 0 Å². The van der Waals surface area contributed by atoms with E-state index < -0.39 is 0 Å². The molecule has 3 aliphatic heterocycles. The molecule has 0 saturated carbocycles. The lowest BCUT2D eigenvalue weighted by Gasteiger charge is -2.42. The molecule has 2 fully saturated rings. The summed E-state index contributed by atoms with van der Waals surface area (Å²) in [5.74, 6) is 0.619. The molecule has 3 aromatic rings. The third-order valence-corrected chi connectivity index (χ3v) is 9.82. The van der Waals surface area contributed by atoms with E-state index in [1.807, 2.05) is 30.3 Å². The van der Waals surface area contributed by atoms with Crippen LogP contribution in [0.5, 0.6) is 6.01 Å². The van der Waals surface area contributed by atoms with Crippen molar-refractivity contribution in [3.05, 3.63) is 76.5 Å². The zero-order valence-electron chi connectivity index (χ0n) is 27.3. The summed E-state index contributed by atoms with van der Waals surface area (Å²) in [6.45, 7) is 9.84. The van der Waals surface area contributed by atoms with Gasteiger partial charge in [0.05, 0.1) is 31.3 Å². The molecule has 0 bridgehead atoms. The number of nitrogens with zero attached hydrogens (tertiary/aromatic N) is 7. The predicted octanol–water partition coefficient (Wildman–Crippen LogP) is 4.28. The number of hydrogen-bond acceptors (Lipinski definition) is 10. The van der Waals surface area contributed by atoms with E-state index in [1.165, 1.54) is 23.2 Å². The van der Waals surface area contributed by atoms with Gasteiger partial charge in [-0.15, -0.1) is 0 Å². The van der Waals surface area contributed by atoms with E-state index in [0.717, 1.165) is 48.6 Å². The Morgan fingerprint density at radius 1 is 1.00 bits per heavy atom. The third kappa shape index (κ3) is 7.27. The van der Waals surface area contributed by atoms with Crippen molar-refractivity contribution in [3.63, 3.8) is 0 Å². The van der Waals surface area contributed by atoms with Crippen LogP contribution in [-0.4, -0.2) is 90.7 Å². The molecule has 10 nitrogen and oxygen atoms in total. The van der Waals surface area contributed by atoms with Gasteiger partial charge in [0.25, 0.3) is 0 Å². The van der Waals surface area contributed by atoms with Crippen LogP contribution in [0.15, 0.2) is 48.5 Å². The topological polar surface area (TPSA) is 98.1 Å². The molecule has 0 unspecified atom stereocenters. The van der Waals surface area contributed by atoms with Crippen molar-refractivity contribution < 1.29 is 14.3 Å². The van der Waals surface area contributed by atoms with Crippen molar-refractivity contribution >= 4 is 17.5 Å². The Labute approximate surface area is 272 Å². The lowest BCUT2D eigenvalue weighted by molar-refractivity contribution is -0.147. The van der Waals surface area contributed by atoms with Crippen LogP contribution in [0.2, 0.25) is 0 Å².